The summed E-state index contributed by atoms with van der Waals surface area (Å²) in [6.45, 7) is 3.82. The average molecular weight is 253 g/mol. The average Bonchev–Trinajstić information content (AvgIpc) is 2.30. The molecule has 0 aromatic heterocycles. The van der Waals surface area contributed by atoms with E-state index in [9.17, 15) is 15.0 Å². The number of carbonyl (C=O) groups is 1. The number of hydrogen-bond donors (Lipinski definition) is 3. The lowest BCUT2D eigenvalue weighted by Gasteiger charge is -2.22. The molecule has 0 saturated carbocycles. The monoisotopic (exact) mass is 253 g/mol. The zero-order valence-electron chi connectivity index (χ0n) is 10.6. The molecule has 0 heterocycles. The number of esters is 1. The van der Waals surface area contributed by atoms with E-state index in [1.807, 2.05) is 6.92 Å². The molecule has 0 bridgehead atoms. The van der Waals surface area contributed by atoms with Gasteiger partial charge in [-0.05, 0) is 31.0 Å². The highest BCUT2D eigenvalue weighted by molar-refractivity contribution is 5.80. The Labute approximate surface area is 106 Å². The van der Waals surface area contributed by atoms with Gasteiger partial charge in [0, 0.05) is 6.42 Å². The summed E-state index contributed by atoms with van der Waals surface area (Å²) in [5.41, 5.74) is 5.40. The van der Waals surface area contributed by atoms with Crippen molar-refractivity contribution in [3.05, 3.63) is 23.8 Å². The van der Waals surface area contributed by atoms with Gasteiger partial charge < -0.3 is 20.7 Å². The van der Waals surface area contributed by atoms with Crippen molar-refractivity contribution < 1.29 is 19.7 Å². The van der Waals surface area contributed by atoms with Crippen molar-refractivity contribution in [2.75, 3.05) is 6.61 Å². The van der Waals surface area contributed by atoms with Crippen LogP contribution in [0.4, 0.5) is 0 Å². The number of hydrogen-bond acceptors (Lipinski definition) is 5. The van der Waals surface area contributed by atoms with Crippen LogP contribution in [0.3, 0.4) is 0 Å². The quantitative estimate of drug-likeness (QED) is 0.543. The van der Waals surface area contributed by atoms with E-state index in [2.05, 4.69) is 0 Å². The molecule has 0 aliphatic carbocycles. The van der Waals surface area contributed by atoms with Crippen LogP contribution >= 0.6 is 0 Å². The van der Waals surface area contributed by atoms with E-state index in [-0.39, 0.29) is 17.9 Å². The molecule has 18 heavy (non-hydrogen) atoms. The third-order valence-electron chi connectivity index (χ3n) is 2.51. The fraction of sp³-hybridized carbons (Fsp3) is 0.462. The summed E-state index contributed by atoms with van der Waals surface area (Å²) in [6.07, 6.45) is 0.963. The van der Waals surface area contributed by atoms with Crippen LogP contribution in [0.2, 0.25) is 0 Å². The second-order valence-electron chi connectivity index (χ2n) is 4.55. The molecule has 0 aliphatic heterocycles. The highest BCUT2D eigenvalue weighted by Gasteiger charge is 2.30. The summed E-state index contributed by atoms with van der Waals surface area (Å²) in [5, 5.41) is 18.6. The number of phenols is 2. The minimum atomic E-state index is -1.15. The first-order valence-corrected chi connectivity index (χ1v) is 5.84. The fourth-order valence-corrected chi connectivity index (χ4v) is 1.53. The van der Waals surface area contributed by atoms with Crippen LogP contribution in [-0.4, -0.2) is 28.3 Å². The molecule has 1 unspecified atom stereocenters. The maximum absolute atomic E-state index is 11.7. The molecule has 1 rings (SSSR count). The molecule has 0 amide bonds. The Balaban J connectivity index is 2.75. The van der Waals surface area contributed by atoms with Gasteiger partial charge in [-0.3, -0.25) is 4.79 Å². The number of phenolic OH excluding ortho intramolecular Hbond substituents is 2. The van der Waals surface area contributed by atoms with Crippen LogP contribution in [0.25, 0.3) is 0 Å². The van der Waals surface area contributed by atoms with Gasteiger partial charge in [-0.25, -0.2) is 0 Å². The zero-order chi connectivity index (χ0) is 13.8. The SMILES string of the molecule is CCCOC(=O)C(C)(N)Cc1ccc(O)c(O)c1. The van der Waals surface area contributed by atoms with E-state index in [4.69, 9.17) is 10.5 Å². The number of rotatable bonds is 5. The third kappa shape index (κ3) is 3.63. The molecule has 1 aromatic rings. The fourth-order valence-electron chi connectivity index (χ4n) is 1.53. The molecule has 5 nitrogen and oxygen atoms in total. The molecule has 1 atom stereocenters. The van der Waals surface area contributed by atoms with Crippen molar-refractivity contribution in [2.24, 2.45) is 5.73 Å². The van der Waals surface area contributed by atoms with Crippen LogP contribution < -0.4 is 5.73 Å². The first kappa shape index (κ1) is 14.3. The Morgan fingerprint density at radius 1 is 1.39 bits per heavy atom. The second-order valence-corrected chi connectivity index (χ2v) is 4.55. The van der Waals surface area contributed by atoms with Crippen molar-refractivity contribution in [1.29, 1.82) is 0 Å². The maximum Gasteiger partial charge on any atom is 0.326 e. The molecular formula is C13H19NO4. The van der Waals surface area contributed by atoms with Crippen LogP contribution in [0, 0.1) is 0 Å². The first-order valence-electron chi connectivity index (χ1n) is 5.84. The van der Waals surface area contributed by atoms with Crippen LogP contribution in [0.1, 0.15) is 25.8 Å². The molecule has 0 fully saturated rings. The predicted octanol–water partition coefficient (Wildman–Crippen LogP) is 1.31. The Kier molecular flexibility index (Phi) is 4.55. The van der Waals surface area contributed by atoms with Crippen molar-refractivity contribution in [3.63, 3.8) is 0 Å². The Bertz CT molecular complexity index is 429. The zero-order valence-corrected chi connectivity index (χ0v) is 10.6. The van der Waals surface area contributed by atoms with Gasteiger partial charge in [0.25, 0.3) is 0 Å². The van der Waals surface area contributed by atoms with Gasteiger partial charge in [0.1, 0.15) is 5.54 Å². The lowest BCUT2D eigenvalue weighted by atomic mass is 9.94. The summed E-state index contributed by atoms with van der Waals surface area (Å²) in [5.74, 6) is -0.909. The van der Waals surface area contributed by atoms with Crippen LogP contribution in [-0.2, 0) is 16.0 Å². The summed E-state index contributed by atoms with van der Waals surface area (Å²) < 4.78 is 5.01. The van der Waals surface area contributed by atoms with Gasteiger partial charge in [-0.15, -0.1) is 0 Å². The molecule has 0 saturated heterocycles. The van der Waals surface area contributed by atoms with Gasteiger partial charge in [0.05, 0.1) is 6.61 Å². The number of nitrogens with two attached hydrogens (primary N) is 1. The minimum absolute atomic E-state index is 0.203. The maximum atomic E-state index is 11.7. The van der Waals surface area contributed by atoms with Gasteiger partial charge >= 0.3 is 5.97 Å². The van der Waals surface area contributed by atoms with Crippen molar-refractivity contribution in [1.82, 2.24) is 0 Å². The first-order chi connectivity index (χ1) is 8.36. The van der Waals surface area contributed by atoms with E-state index in [1.54, 1.807) is 13.0 Å². The summed E-state index contributed by atoms with van der Waals surface area (Å²) in [7, 11) is 0. The number of benzene rings is 1. The summed E-state index contributed by atoms with van der Waals surface area (Å²) in [4.78, 5) is 11.7. The van der Waals surface area contributed by atoms with Gasteiger partial charge in [0.15, 0.2) is 11.5 Å². The van der Waals surface area contributed by atoms with Crippen molar-refractivity contribution >= 4 is 5.97 Å². The third-order valence-corrected chi connectivity index (χ3v) is 2.51. The lowest BCUT2D eigenvalue weighted by molar-refractivity contribution is -0.149. The van der Waals surface area contributed by atoms with Gasteiger partial charge in [-0.2, -0.15) is 0 Å². The van der Waals surface area contributed by atoms with E-state index in [0.717, 1.165) is 6.42 Å². The van der Waals surface area contributed by atoms with Crippen LogP contribution in [0.5, 0.6) is 11.5 Å². The number of aromatic hydroxyl groups is 2. The Hall–Kier alpha value is -1.75. The molecule has 0 radical (unpaired) electrons. The second kappa shape index (κ2) is 5.73. The van der Waals surface area contributed by atoms with Crippen molar-refractivity contribution in [3.8, 4) is 11.5 Å². The number of carbonyl (C=O) groups excluding carboxylic acids is 1. The summed E-state index contributed by atoms with van der Waals surface area (Å²) in [6, 6.07) is 4.35. The topological polar surface area (TPSA) is 92.8 Å². The lowest BCUT2D eigenvalue weighted by Crippen LogP contribution is -2.48. The highest BCUT2D eigenvalue weighted by Crippen LogP contribution is 2.26. The highest BCUT2D eigenvalue weighted by atomic mass is 16.5. The molecule has 4 N–H and O–H groups in total. The standard InChI is InChI=1S/C13H19NO4/c1-3-6-18-12(17)13(2,14)8-9-4-5-10(15)11(16)7-9/h4-5,7,15-16H,3,6,8,14H2,1-2H3. The molecule has 5 heteroatoms. The normalized spacial score (nSPS) is 13.9. The van der Waals surface area contributed by atoms with Gasteiger partial charge in [-0.1, -0.05) is 13.0 Å². The Morgan fingerprint density at radius 2 is 2.06 bits per heavy atom. The molecule has 0 aliphatic rings. The smallest absolute Gasteiger partial charge is 0.326 e. The Morgan fingerprint density at radius 3 is 2.61 bits per heavy atom. The summed E-state index contributed by atoms with van der Waals surface area (Å²) >= 11 is 0. The molecule has 0 spiro atoms. The number of ether oxygens (including phenoxy) is 1. The predicted molar refractivity (Wildman–Crippen MR) is 67.3 cm³/mol. The molecule has 100 valence electrons. The largest absolute Gasteiger partial charge is 0.504 e. The van der Waals surface area contributed by atoms with E-state index in [1.165, 1.54) is 12.1 Å². The van der Waals surface area contributed by atoms with Gasteiger partial charge in [0.2, 0.25) is 0 Å². The minimum Gasteiger partial charge on any atom is -0.504 e. The van der Waals surface area contributed by atoms with E-state index < -0.39 is 11.5 Å². The van der Waals surface area contributed by atoms with Crippen LogP contribution in [0.15, 0.2) is 18.2 Å². The van der Waals surface area contributed by atoms with E-state index >= 15 is 0 Å². The van der Waals surface area contributed by atoms with E-state index in [0.29, 0.717) is 12.2 Å². The molecular weight excluding hydrogens is 234 g/mol. The molecule has 1 aromatic carbocycles. The van der Waals surface area contributed by atoms with Crippen molar-refractivity contribution in [2.45, 2.75) is 32.2 Å².